The highest BCUT2D eigenvalue weighted by molar-refractivity contribution is 9.10. The molecule has 0 bridgehead atoms. The maximum atomic E-state index is 5.79. The van der Waals surface area contributed by atoms with E-state index in [9.17, 15) is 0 Å². The molecule has 0 heterocycles. The van der Waals surface area contributed by atoms with Crippen LogP contribution in [0.15, 0.2) is 16.6 Å². The summed E-state index contributed by atoms with van der Waals surface area (Å²) in [4.78, 5) is 0. The molecule has 53 valence electrons. The smallest absolute Gasteiger partial charge is 0.138 e. The van der Waals surface area contributed by atoms with Gasteiger partial charge in [-0.1, -0.05) is 11.6 Å². The number of ether oxygens (including phenoxy) is 1. The molecule has 0 unspecified atom stereocenters. The Hall–Kier alpha value is -0.210. The van der Waals surface area contributed by atoms with E-state index in [-0.39, 0.29) is 0 Å². The zero-order chi connectivity index (χ0) is 7.56. The van der Waals surface area contributed by atoms with Gasteiger partial charge in [-0.2, -0.15) is 0 Å². The Morgan fingerprint density at radius 3 is 2.90 bits per heavy atom. The first-order valence-corrected chi connectivity index (χ1v) is 3.82. The van der Waals surface area contributed by atoms with Crippen molar-refractivity contribution in [2.45, 2.75) is 0 Å². The van der Waals surface area contributed by atoms with E-state index in [4.69, 9.17) is 16.3 Å². The fourth-order valence-electron chi connectivity index (χ4n) is 0.593. The first-order valence-electron chi connectivity index (χ1n) is 2.65. The molecule has 0 N–H and O–H groups in total. The summed E-state index contributed by atoms with van der Waals surface area (Å²) < 4.78 is 5.67. The van der Waals surface area contributed by atoms with Crippen molar-refractivity contribution in [2.75, 3.05) is 7.11 Å². The SMILES string of the molecule is COc1cc[c]c(Br)c1Cl. The summed E-state index contributed by atoms with van der Waals surface area (Å²) >= 11 is 9.01. The highest BCUT2D eigenvalue weighted by atomic mass is 79.9. The van der Waals surface area contributed by atoms with Crippen LogP contribution >= 0.6 is 27.5 Å². The van der Waals surface area contributed by atoms with Crippen LogP contribution in [0, 0.1) is 6.07 Å². The highest BCUT2D eigenvalue weighted by Crippen LogP contribution is 2.30. The summed E-state index contributed by atoms with van der Waals surface area (Å²) in [5, 5.41) is 0.560. The average molecular weight is 220 g/mol. The van der Waals surface area contributed by atoms with E-state index in [1.165, 1.54) is 0 Å². The van der Waals surface area contributed by atoms with Crippen LogP contribution in [-0.4, -0.2) is 7.11 Å². The number of rotatable bonds is 1. The van der Waals surface area contributed by atoms with Gasteiger partial charge in [-0.3, -0.25) is 0 Å². The molecule has 0 aromatic heterocycles. The molecule has 0 amide bonds. The van der Waals surface area contributed by atoms with Crippen molar-refractivity contribution in [1.82, 2.24) is 0 Å². The Morgan fingerprint density at radius 1 is 1.70 bits per heavy atom. The molecule has 0 fully saturated rings. The van der Waals surface area contributed by atoms with Crippen molar-refractivity contribution >= 4 is 27.5 Å². The largest absolute Gasteiger partial charge is 0.495 e. The van der Waals surface area contributed by atoms with Gasteiger partial charge >= 0.3 is 0 Å². The number of benzene rings is 1. The third kappa shape index (κ3) is 1.44. The molecular formula is C7H5BrClO. The topological polar surface area (TPSA) is 9.23 Å². The fraction of sp³-hybridized carbons (Fsp3) is 0.143. The van der Waals surface area contributed by atoms with Gasteiger partial charge in [-0.15, -0.1) is 0 Å². The summed E-state index contributed by atoms with van der Waals surface area (Å²) in [6, 6.07) is 6.38. The van der Waals surface area contributed by atoms with E-state index in [0.717, 1.165) is 4.47 Å². The van der Waals surface area contributed by atoms with E-state index < -0.39 is 0 Å². The van der Waals surface area contributed by atoms with Gasteiger partial charge in [0.15, 0.2) is 0 Å². The van der Waals surface area contributed by atoms with Crippen molar-refractivity contribution in [1.29, 1.82) is 0 Å². The molecule has 1 aromatic carbocycles. The molecule has 0 aliphatic rings. The second kappa shape index (κ2) is 3.26. The molecule has 0 saturated heterocycles. The monoisotopic (exact) mass is 219 g/mol. The summed E-state index contributed by atoms with van der Waals surface area (Å²) in [7, 11) is 1.58. The van der Waals surface area contributed by atoms with Crippen molar-refractivity contribution in [3.05, 3.63) is 27.7 Å². The maximum Gasteiger partial charge on any atom is 0.138 e. The highest BCUT2D eigenvalue weighted by Gasteiger charge is 2.01. The summed E-state index contributed by atoms with van der Waals surface area (Å²) in [6.07, 6.45) is 0. The Bertz CT molecular complexity index is 237. The van der Waals surface area contributed by atoms with Gasteiger partial charge in [-0.25, -0.2) is 0 Å². The minimum atomic E-state index is 0.560. The maximum absolute atomic E-state index is 5.79. The molecule has 1 rings (SSSR count). The van der Waals surface area contributed by atoms with Crippen LogP contribution in [0.5, 0.6) is 5.75 Å². The molecule has 0 aliphatic carbocycles. The van der Waals surface area contributed by atoms with E-state index in [2.05, 4.69) is 22.0 Å². The van der Waals surface area contributed by atoms with Crippen LogP contribution in [0.3, 0.4) is 0 Å². The van der Waals surface area contributed by atoms with Crippen molar-refractivity contribution in [3.8, 4) is 5.75 Å². The van der Waals surface area contributed by atoms with Gasteiger partial charge in [-0.05, 0) is 34.1 Å². The second-order valence-electron chi connectivity index (χ2n) is 1.67. The summed E-state index contributed by atoms with van der Waals surface area (Å²) in [6.45, 7) is 0. The Kier molecular flexibility index (Phi) is 2.57. The Balaban J connectivity index is 3.14. The van der Waals surface area contributed by atoms with Gasteiger partial charge < -0.3 is 4.74 Å². The molecule has 0 spiro atoms. The van der Waals surface area contributed by atoms with Crippen LogP contribution in [0.25, 0.3) is 0 Å². The van der Waals surface area contributed by atoms with Crippen LogP contribution in [-0.2, 0) is 0 Å². The second-order valence-corrected chi connectivity index (χ2v) is 2.84. The van der Waals surface area contributed by atoms with Gasteiger partial charge in [0.2, 0.25) is 0 Å². The molecule has 1 nitrogen and oxygen atoms in total. The molecule has 0 aliphatic heterocycles. The quantitative estimate of drug-likeness (QED) is 0.707. The minimum Gasteiger partial charge on any atom is -0.495 e. The lowest BCUT2D eigenvalue weighted by Crippen LogP contribution is -1.83. The average Bonchev–Trinajstić information content (AvgIpc) is 1.95. The zero-order valence-electron chi connectivity index (χ0n) is 5.32. The minimum absolute atomic E-state index is 0.560. The standard InChI is InChI=1S/C7H5BrClO/c1-10-6-4-2-3-5(8)7(6)9/h2,4H,1H3. The first-order chi connectivity index (χ1) is 4.75. The van der Waals surface area contributed by atoms with Crippen molar-refractivity contribution in [2.24, 2.45) is 0 Å². The molecule has 3 heteroatoms. The number of methoxy groups -OCH3 is 1. The van der Waals surface area contributed by atoms with Gasteiger partial charge in [0.1, 0.15) is 5.75 Å². The Labute approximate surface area is 73.1 Å². The third-order valence-corrected chi connectivity index (χ3v) is 2.30. The van der Waals surface area contributed by atoms with Gasteiger partial charge in [0.05, 0.1) is 12.1 Å². The predicted octanol–water partition coefficient (Wildman–Crippen LogP) is 2.91. The van der Waals surface area contributed by atoms with E-state index in [1.54, 1.807) is 19.2 Å². The van der Waals surface area contributed by atoms with Crippen molar-refractivity contribution in [3.63, 3.8) is 0 Å². The van der Waals surface area contributed by atoms with Crippen molar-refractivity contribution < 1.29 is 4.74 Å². The normalized spacial score (nSPS) is 9.50. The summed E-state index contributed by atoms with van der Waals surface area (Å²) in [5.41, 5.74) is 0. The predicted molar refractivity (Wildman–Crippen MR) is 44.5 cm³/mol. The molecule has 10 heavy (non-hydrogen) atoms. The summed E-state index contributed by atoms with van der Waals surface area (Å²) in [5.74, 6) is 0.660. The molecule has 0 saturated carbocycles. The van der Waals surface area contributed by atoms with Crippen LogP contribution in [0.2, 0.25) is 5.02 Å². The van der Waals surface area contributed by atoms with E-state index in [1.807, 2.05) is 0 Å². The zero-order valence-corrected chi connectivity index (χ0v) is 7.66. The van der Waals surface area contributed by atoms with Gasteiger partial charge in [0, 0.05) is 4.47 Å². The van der Waals surface area contributed by atoms with Crippen LogP contribution < -0.4 is 4.74 Å². The number of hydrogen-bond donors (Lipinski definition) is 0. The Morgan fingerprint density at radius 2 is 2.40 bits per heavy atom. The lowest BCUT2D eigenvalue weighted by molar-refractivity contribution is 0.414. The molecular weight excluding hydrogens is 215 g/mol. The van der Waals surface area contributed by atoms with E-state index in [0.29, 0.717) is 10.8 Å². The number of halogens is 2. The third-order valence-electron chi connectivity index (χ3n) is 1.07. The fourth-order valence-corrected chi connectivity index (χ4v) is 1.12. The lowest BCUT2D eigenvalue weighted by atomic mass is 10.3. The molecule has 1 radical (unpaired) electrons. The molecule has 1 aromatic rings. The van der Waals surface area contributed by atoms with E-state index >= 15 is 0 Å². The van der Waals surface area contributed by atoms with Gasteiger partial charge in [0.25, 0.3) is 0 Å². The molecule has 0 atom stereocenters. The first kappa shape index (κ1) is 7.89. The number of hydrogen-bond acceptors (Lipinski definition) is 1. The lowest BCUT2D eigenvalue weighted by Gasteiger charge is -2.01. The van der Waals surface area contributed by atoms with Crippen LogP contribution in [0.1, 0.15) is 0 Å². The van der Waals surface area contributed by atoms with Crippen LogP contribution in [0.4, 0.5) is 0 Å².